The summed E-state index contributed by atoms with van der Waals surface area (Å²) in [4.78, 5) is 18.9. The number of nitrogens with one attached hydrogen (secondary N) is 1. The van der Waals surface area contributed by atoms with E-state index in [2.05, 4.69) is 15.3 Å². The van der Waals surface area contributed by atoms with Gasteiger partial charge in [0.15, 0.2) is 5.75 Å². The molecule has 0 radical (unpaired) electrons. The summed E-state index contributed by atoms with van der Waals surface area (Å²) in [7, 11) is 0. The Bertz CT molecular complexity index is 644. The Balaban J connectivity index is 2.34. The van der Waals surface area contributed by atoms with Gasteiger partial charge in [0.2, 0.25) is 0 Å². The first-order chi connectivity index (χ1) is 9.39. The van der Waals surface area contributed by atoms with Gasteiger partial charge in [-0.2, -0.15) is 13.2 Å². The average molecular weight is 283 g/mol. The maximum absolute atomic E-state index is 12.7. The molecule has 0 aliphatic rings. The molecule has 0 saturated carbocycles. The lowest BCUT2D eigenvalue weighted by molar-refractivity contribution is -0.138. The minimum Gasteiger partial charge on any atom is -0.504 e. The van der Waals surface area contributed by atoms with Gasteiger partial charge in [-0.3, -0.25) is 14.8 Å². The highest BCUT2D eigenvalue weighted by molar-refractivity contribution is 6.04. The van der Waals surface area contributed by atoms with Gasteiger partial charge < -0.3 is 10.4 Å². The SMILES string of the molecule is O=C(Nc1ccncc1O)c1ncccc1C(F)(F)F. The smallest absolute Gasteiger partial charge is 0.418 e. The van der Waals surface area contributed by atoms with Crippen LogP contribution in [0.1, 0.15) is 16.1 Å². The molecule has 2 aromatic rings. The predicted octanol–water partition coefficient (Wildman–Crippen LogP) is 2.45. The van der Waals surface area contributed by atoms with Crippen LogP contribution in [-0.4, -0.2) is 21.0 Å². The molecule has 0 atom stereocenters. The van der Waals surface area contributed by atoms with Crippen LogP contribution in [0.3, 0.4) is 0 Å². The van der Waals surface area contributed by atoms with Gasteiger partial charge in [0.05, 0.1) is 17.4 Å². The van der Waals surface area contributed by atoms with Crippen molar-refractivity contribution in [1.29, 1.82) is 0 Å². The molecule has 0 bridgehead atoms. The number of anilines is 1. The minimum atomic E-state index is -4.69. The molecule has 2 N–H and O–H groups in total. The molecule has 2 aromatic heterocycles. The van der Waals surface area contributed by atoms with Crippen molar-refractivity contribution >= 4 is 11.6 Å². The Kier molecular flexibility index (Phi) is 3.55. The fourth-order valence-electron chi connectivity index (χ4n) is 1.49. The zero-order chi connectivity index (χ0) is 14.8. The number of amides is 1. The van der Waals surface area contributed by atoms with Crippen LogP contribution >= 0.6 is 0 Å². The molecule has 0 spiro atoms. The molecule has 0 unspecified atom stereocenters. The Morgan fingerprint density at radius 1 is 1.25 bits per heavy atom. The monoisotopic (exact) mass is 283 g/mol. The second kappa shape index (κ2) is 5.16. The van der Waals surface area contributed by atoms with E-state index in [1.54, 1.807) is 0 Å². The largest absolute Gasteiger partial charge is 0.504 e. The zero-order valence-electron chi connectivity index (χ0n) is 9.85. The summed E-state index contributed by atoms with van der Waals surface area (Å²) in [6.07, 6.45) is -1.28. The molecular formula is C12H8F3N3O2. The number of pyridine rings is 2. The van der Waals surface area contributed by atoms with E-state index in [0.717, 1.165) is 24.5 Å². The van der Waals surface area contributed by atoms with Crippen LogP contribution in [0, 0.1) is 0 Å². The van der Waals surface area contributed by atoms with Crippen LogP contribution in [-0.2, 0) is 6.18 Å². The van der Waals surface area contributed by atoms with E-state index in [1.807, 2.05) is 0 Å². The lowest BCUT2D eigenvalue weighted by Gasteiger charge is -2.11. The average Bonchev–Trinajstić information content (AvgIpc) is 2.40. The van der Waals surface area contributed by atoms with Crippen molar-refractivity contribution in [1.82, 2.24) is 9.97 Å². The van der Waals surface area contributed by atoms with Crippen molar-refractivity contribution in [2.24, 2.45) is 0 Å². The minimum absolute atomic E-state index is 0.0521. The molecule has 8 heteroatoms. The second-order valence-electron chi connectivity index (χ2n) is 3.74. The fourth-order valence-corrected chi connectivity index (χ4v) is 1.49. The highest BCUT2D eigenvalue weighted by atomic mass is 19.4. The number of halogens is 3. The number of hydrogen-bond donors (Lipinski definition) is 2. The van der Waals surface area contributed by atoms with E-state index in [9.17, 15) is 23.1 Å². The van der Waals surface area contributed by atoms with Gasteiger partial charge in [-0.05, 0) is 18.2 Å². The number of hydrogen-bond acceptors (Lipinski definition) is 4. The zero-order valence-corrected chi connectivity index (χ0v) is 9.85. The third-order valence-electron chi connectivity index (χ3n) is 2.38. The number of carbonyl (C=O) groups excluding carboxylic acids is 1. The van der Waals surface area contributed by atoms with E-state index in [0.29, 0.717) is 0 Å². The van der Waals surface area contributed by atoms with Gasteiger partial charge >= 0.3 is 6.18 Å². The van der Waals surface area contributed by atoms with Gasteiger partial charge in [-0.1, -0.05) is 0 Å². The summed E-state index contributed by atoms with van der Waals surface area (Å²) in [6.45, 7) is 0. The van der Waals surface area contributed by atoms with E-state index in [-0.39, 0.29) is 11.4 Å². The molecule has 2 rings (SSSR count). The van der Waals surface area contributed by atoms with Crippen LogP contribution in [0.5, 0.6) is 5.75 Å². The van der Waals surface area contributed by atoms with Crippen molar-refractivity contribution in [3.05, 3.63) is 48.0 Å². The normalized spacial score (nSPS) is 11.2. The maximum atomic E-state index is 12.7. The summed E-state index contributed by atoms with van der Waals surface area (Å²) in [5.41, 5.74) is -1.97. The quantitative estimate of drug-likeness (QED) is 0.887. The summed E-state index contributed by atoms with van der Waals surface area (Å²) < 4.78 is 38.2. The lowest BCUT2D eigenvalue weighted by Crippen LogP contribution is -2.20. The van der Waals surface area contributed by atoms with Crippen LogP contribution in [0.4, 0.5) is 18.9 Å². The first-order valence-corrected chi connectivity index (χ1v) is 5.36. The van der Waals surface area contributed by atoms with E-state index < -0.39 is 23.3 Å². The molecule has 5 nitrogen and oxygen atoms in total. The standard InChI is InChI=1S/C12H8F3N3O2/c13-12(14,15)7-2-1-4-17-10(7)11(20)18-8-3-5-16-6-9(8)19/h1-6,19H,(H,16,18,20). The molecule has 0 aliphatic heterocycles. The molecule has 104 valence electrons. The summed E-state index contributed by atoms with van der Waals surface area (Å²) in [5.74, 6) is -1.43. The van der Waals surface area contributed by atoms with Gasteiger partial charge in [-0.25, -0.2) is 0 Å². The molecule has 0 aliphatic carbocycles. The van der Waals surface area contributed by atoms with Gasteiger partial charge in [0.1, 0.15) is 5.69 Å². The summed E-state index contributed by atoms with van der Waals surface area (Å²) >= 11 is 0. The van der Waals surface area contributed by atoms with Crippen molar-refractivity contribution < 1.29 is 23.1 Å². The van der Waals surface area contributed by atoms with E-state index >= 15 is 0 Å². The highest BCUT2D eigenvalue weighted by Gasteiger charge is 2.36. The van der Waals surface area contributed by atoms with Crippen molar-refractivity contribution in [2.45, 2.75) is 6.18 Å². The van der Waals surface area contributed by atoms with Crippen LogP contribution in [0.15, 0.2) is 36.8 Å². The first-order valence-electron chi connectivity index (χ1n) is 5.36. The Morgan fingerprint density at radius 3 is 2.65 bits per heavy atom. The van der Waals surface area contributed by atoms with Crippen LogP contribution < -0.4 is 5.32 Å². The highest BCUT2D eigenvalue weighted by Crippen LogP contribution is 2.31. The molecule has 0 saturated heterocycles. The van der Waals surface area contributed by atoms with Crippen LogP contribution in [0.2, 0.25) is 0 Å². The van der Waals surface area contributed by atoms with Crippen molar-refractivity contribution in [3.8, 4) is 5.75 Å². The van der Waals surface area contributed by atoms with E-state index in [1.165, 1.54) is 12.3 Å². The first kappa shape index (κ1) is 13.8. The third kappa shape index (κ3) is 2.85. The predicted molar refractivity (Wildman–Crippen MR) is 63.1 cm³/mol. The third-order valence-corrected chi connectivity index (χ3v) is 2.38. The number of nitrogens with zero attached hydrogens (tertiary/aromatic N) is 2. The number of aromatic nitrogens is 2. The summed E-state index contributed by atoms with van der Waals surface area (Å²) in [6, 6.07) is 3.10. The Hall–Kier alpha value is -2.64. The van der Waals surface area contributed by atoms with Gasteiger partial charge in [-0.15, -0.1) is 0 Å². The topological polar surface area (TPSA) is 75.1 Å². The lowest BCUT2D eigenvalue weighted by atomic mass is 10.1. The molecule has 1 amide bonds. The molecule has 2 heterocycles. The van der Waals surface area contributed by atoms with Crippen LogP contribution in [0.25, 0.3) is 0 Å². The summed E-state index contributed by atoms with van der Waals surface area (Å²) in [5, 5.41) is 11.6. The molecule has 0 fully saturated rings. The second-order valence-corrected chi connectivity index (χ2v) is 3.74. The number of alkyl halides is 3. The fraction of sp³-hybridized carbons (Fsp3) is 0.0833. The molecule has 20 heavy (non-hydrogen) atoms. The number of carbonyl (C=O) groups is 1. The molecular weight excluding hydrogens is 275 g/mol. The maximum Gasteiger partial charge on any atom is 0.418 e. The van der Waals surface area contributed by atoms with Crippen molar-refractivity contribution in [2.75, 3.05) is 5.32 Å². The van der Waals surface area contributed by atoms with E-state index in [4.69, 9.17) is 0 Å². The Morgan fingerprint density at radius 2 is 2.00 bits per heavy atom. The molecule has 0 aromatic carbocycles. The number of aromatic hydroxyl groups is 1. The van der Waals surface area contributed by atoms with Gasteiger partial charge in [0, 0.05) is 12.4 Å². The Labute approximate surface area is 111 Å². The van der Waals surface area contributed by atoms with Gasteiger partial charge in [0.25, 0.3) is 5.91 Å². The van der Waals surface area contributed by atoms with Crippen molar-refractivity contribution in [3.63, 3.8) is 0 Å². The number of rotatable bonds is 2.